The number of unbranched alkanes of at least 4 members (excludes halogenated alkanes) is 2. The van der Waals surface area contributed by atoms with Gasteiger partial charge in [0.1, 0.15) is 6.54 Å². The maximum absolute atomic E-state index is 5.39. The SMILES string of the molecule is CC=CC.CCCCCOC=CC[N+](C)(C)CC.[Br-]. The van der Waals surface area contributed by atoms with E-state index in [9.17, 15) is 0 Å². The van der Waals surface area contributed by atoms with Gasteiger partial charge in [0.2, 0.25) is 0 Å². The van der Waals surface area contributed by atoms with E-state index in [-0.39, 0.29) is 17.0 Å². The summed E-state index contributed by atoms with van der Waals surface area (Å²) in [7, 11) is 4.45. The standard InChI is InChI=1S/C12H26NO.C4H8.BrH/c1-5-7-8-11-14-12-9-10-13(3,4)6-2;1-3-4-2;/h9,12H,5-8,10-11H2,1-4H3;3-4H,1-2H3;1H/q+1;;/p-1. The molecule has 0 bridgehead atoms. The van der Waals surface area contributed by atoms with E-state index in [2.05, 4.69) is 34.0 Å². The monoisotopic (exact) mass is 335 g/mol. The van der Waals surface area contributed by atoms with Gasteiger partial charge < -0.3 is 26.2 Å². The zero-order valence-corrected chi connectivity index (χ0v) is 15.4. The number of hydrogen-bond acceptors (Lipinski definition) is 1. The highest BCUT2D eigenvalue weighted by Crippen LogP contribution is 1.97. The quantitative estimate of drug-likeness (QED) is 0.282. The second-order valence-corrected chi connectivity index (χ2v) is 5.05. The van der Waals surface area contributed by atoms with Crippen LogP contribution in [0.2, 0.25) is 0 Å². The molecule has 0 spiro atoms. The van der Waals surface area contributed by atoms with Crippen LogP contribution in [0.25, 0.3) is 0 Å². The summed E-state index contributed by atoms with van der Waals surface area (Å²) in [6.45, 7) is 11.5. The molecule has 0 aromatic carbocycles. The van der Waals surface area contributed by atoms with Crippen molar-refractivity contribution in [3.05, 3.63) is 24.5 Å². The zero-order chi connectivity index (χ0) is 14.3. The lowest BCUT2D eigenvalue weighted by Gasteiger charge is -2.26. The van der Waals surface area contributed by atoms with Gasteiger partial charge >= 0.3 is 0 Å². The van der Waals surface area contributed by atoms with Crippen molar-refractivity contribution in [3.8, 4) is 0 Å². The van der Waals surface area contributed by atoms with Crippen LogP contribution in [-0.4, -0.2) is 38.3 Å². The number of ether oxygens (including phenoxy) is 1. The predicted octanol–water partition coefficient (Wildman–Crippen LogP) is 1.39. The molecule has 0 fully saturated rings. The average Bonchev–Trinajstić information content (AvgIpc) is 2.38. The predicted molar refractivity (Wildman–Crippen MR) is 82.6 cm³/mol. The molecule has 0 saturated heterocycles. The number of rotatable bonds is 8. The minimum absolute atomic E-state index is 0. The van der Waals surface area contributed by atoms with Crippen molar-refractivity contribution in [2.45, 2.75) is 47.0 Å². The normalized spacial score (nSPS) is 11.1. The van der Waals surface area contributed by atoms with Crippen LogP contribution in [0.4, 0.5) is 0 Å². The average molecular weight is 336 g/mol. The van der Waals surface area contributed by atoms with Gasteiger partial charge in [-0.05, 0) is 27.2 Å². The molecule has 0 aliphatic carbocycles. The Morgan fingerprint density at radius 1 is 1.00 bits per heavy atom. The first kappa shape index (κ1) is 23.8. The topological polar surface area (TPSA) is 9.23 Å². The van der Waals surface area contributed by atoms with Crippen molar-refractivity contribution in [1.29, 1.82) is 0 Å². The summed E-state index contributed by atoms with van der Waals surface area (Å²) in [5.41, 5.74) is 0. The van der Waals surface area contributed by atoms with E-state index in [4.69, 9.17) is 4.74 Å². The molecule has 0 amide bonds. The van der Waals surface area contributed by atoms with Gasteiger partial charge in [0.05, 0.1) is 33.5 Å². The highest BCUT2D eigenvalue weighted by atomic mass is 79.9. The Morgan fingerprint density at radius 3 is 2.00 bits per heavy atom. The maximum atomic E-state index is 5.39. The molecule has 0 atom stereocenters. The van der Waals surface area contributed by atoms with Crippen LogP contribution in [0.1, 0.15) is 47.0 Å². The largest absolute Gasteiger partial charge is 1.00 e. The van der Waals surface area contributed by atoms with Crippen molar-refractivity contribution in [2.24, 2.45) is 0 Å². The van der Waals surface area contributed by atoms with Crippen LogP contribution in [0.5, 0.6) is 0 Å². The van der Waals surface area contributed by atoms with Crippen molar-refractivity contribution >= 4 is 0 Å². The van der Waals surface area contributed by atoms with E-state index < -0.39 is 0 Å². The molecule has 0 aliphatic heterocycles. The second kappa shape index (κ2) is 17.7. The molecule has 0 saturated carbocycles. The molecule has 0 aliphatic rings. The van der Waals surface area contributed by atoms with Crippen LogP contribution < -0.4 is 17.0 Å². The minimum atomic E-state index is 0. The first-order valence-corrected chi connectivity index (χ1v) is 7.20. The molecule has 0 rings (SSSR count). The van der Waals surface area contributed by atoms with Crippen LogP contribution in [0.3, 0.4) is 0 Å². The van der Waals surface area contributed by atoms with Gasteiger partial charge in [0, 0.05) is 6.08 Å². The Kier molecular flexibility index (Phi) is 22.2. The summed E-state index contributed by atoms with van der Waals surface area (Å²) in [6, 6.07) is 0. The van der Waals surface area contributed by atoms with Gasteiger partial charge in [-0.3, -0.25) is 0 Å². The van der Waals surface area contributed by atoms with Crippen molar-refractivity contribution in [1.82, 2.24) is 0 Å². The van der Waals surface area contributed by atoms with E-state index in [1.54, 1.807) is 0 Å². The number of hydrogen-bond donors (Lipinski definition) is 0. The third-order valence-electron chi connectivity index (χ3n) is 2.85. The molecule has 0 aromatic rings. The van der Waals surface area contributed by atoms with Crippen molar-refractivity contribution < 1.29 is 26.2 Å². The Morgan fingerprint density at radius 2 is 1.58 bits per heavy atom. The number of quaternary nitrogens is 1. The molecule has 0 aromatic heterocycles. The number of allylic oxidation sites excluding steroid dienone is 2. The molecule has 0 unspecified atom stereocenters. The molecule has 3 heteroatoms. The van der Waals surface area contributed by atoms with Crippen molar-refractivity contribution in [3.63, 3.8) is 0 Å². The van der Waals surface area contributed by atoms with Gasteiger partial charge in [-0.2, -0.15) is 0 Å². The van der Waals surface area contributed by atoms with Gasteiger partial charge in [-0.1, -0.05) is 31.9 Å². The first-order valence-electron chi connectivity index (χ1n) is 7.20. The van der Waals surface area contributed by atoms with Gasteiger partial charge in [0.15, 0.2) is 0 Å². The number of nitrogens with zero attached hydrogens (tertiary/aromatic N) is 1. The highest BCUT2D eigenvalue weighted by Gasteiger charge is 2.07. The fraction of sp³-hybridized carbons (Fsp3) is 0.750. The molecule has 0 radical (unpaired) electrons. The lowest BCUT2D eigenvalue weighted by Crippen LogP contribution is -3.00. The summed E-state index contributed by atoms with van der Waals surface area (Å²) < 4.78 is 6.41. The zero-order valence-electron chi connectivity index (χ0n) is 13.8. The Labute approximate surface area is 131 Å². The molecule has 2 nitrogen and oxygen atoms in total. The van der Waals surface area contributed by atoms with E-state index in [1.807, 2.05) is 32.3 Å². The Bertz CT molecular complexity index is 209. The van der Waals surface area contributed by atoms with Crippen LogP contribution >= 0.6 is 0 Å². The molecule has 116 valence electrons. The fourth-order valence-electron chi connectivity index (χ4n) is 1.03. The first-order chi connectivity index (χ1) is 8.54. The Balaban J connectivity index is -0.000000448. The van der Waals surface area contributed by atoms with Gasteiger partial charge in [0.25, 0.3) is 0 Å². The molecule has 0 N–H and O–H groups in total. The molecular formula is C16H34BrNO. The third kappa shape index (κ3) is 23.3. The summed E-state index contributed by atoms with van der Waals surface area (Å²) in [5, 5.41) is 0. The summed E-state index contributed by atoms with van der Waals surface area (Å²) in [6.07, 6.45) is 11.7. The van der Waals surface area contributed by atoms with Crippen molar-refractivity contribution in [2.75, 3.05) is 33.8 Å². The third-order valence-corrected chi connectivity index (χ3v) is 2.85. The lowest BCUT2D eigenvalue weighted by atomic mass is 10.3. The fourth-order valence-corrected chi connectivity index (χ4v) is 1.03. The van der Waals surface area contributed by atoms with E-state index >= 15 is 0 Å². The number of likely N-dealkylation sites (N-methyl/N-ethyl adjacent to an activating group) is 1. The minimum Gasteiger partial charge on any atom is -1.00 e. The van der Waals surface area contributed by atoms with E-state index in [0.29, 0.717) is 0 Å². The number of halogens is 1. The lowest BCUT2D eigenvalue weighted by molar-refractivity contribution is -0.882. The summed E-state index contributed by atoms with van der Waals surface area (Å²) in [4.78, 5) is 0. The van der Waals surface area contributed by atoms with Gasteiger partial charge in [-0.25, -0.2) is 0 Å². The van der Waals surface area contributed by atoms with E-state index in [1.165, 1.54) is 19.3 Å². The molecular weight excluding hydrogens is 302 g/mol. The van der Waals surface area contributed by atoms with Crippen LogP contribution in [0.15, 0.2) is 24.5 Å². The maximum Gasteiger partial charge on any atom is 0.100 e. The van der Waals surface area contributed by atoms with Crippen LogP contribution in [-0.2, 0) is 4.74 Å². The molecule has 19 heavy (non-hydrogen) atoms. The second-order valence-electron chi connectivity index (χ2n) is 5.05. The summed E-state index contributed by atoms with van der Waals surface area (Å²) >= 11 is 0. The van der Waals surface area contributed by atoms with Crippen LogP contribution in [0, 0.1) is 0 Å². The molecule has 0 heterocycles. The smallest absolute Gasteiger partial charge is 0.100 e. The Hall–Kier alpha value is -0.280. The van der Waals surface area contributed by atoms with E-state index in [0.717, 1.165) is 24.2 Å². The summed E-state index contributed by atoms with van der Waals surface area (Å²) in [5.74, 6) is 0. The highest BCUT2D eigenvalue weighted by molar-refractivity contribution is 4.72. The van der Waals surface area contributed by atoms with Gasteiger partial charge in [-0.15, -0.1) is 0 Å².